The lowest BCUT2D eigenvalue weighted by Gasteiger charge is -2.07. The van der Waals surface area contributed by atoms with Gasteiger partial charge in [0.2, 0.25) is 0 Å². The average Bonchev–Trinajstić information content (AvgIpc) is 2.86. The summed E-state index contributed by atoms with van der Waals surface area (Å²) in [7, 11) is 1.54. The molecule has 1 aromatic heterocycles. The Morgan fingerprint density at radius 1 is 1.42 bits per heavy atom. The SMILES string of the molecule is CCCn1cc(NCc2ccc(O)c(OC)c2)cn1. The fraction of sp³-hybridized carbons (Fsp3) is 0.357. The number of ether oxygens (including phenoxy) is 1. The zero-order valence-electron chi connectivity index (χ0n) is 11.3. The number of anilines is 1. The lowest BCUT2D eigenvalue weighted by atomic mass is 10.2. The van der Waals surface area contributed by atoms with E-state index in [0.29, 0.717) is 12.3 Å². The lowest BCUT2D eigenvalue weighted by molar-refractivity contribution is 0.373. The first-order valence-electron chi connectivity index (χ1n) is 6.35. The summed E-state index contributed by atoms with van der Waals surface area (Å²) in [6.07, 6.45) is 4.87. The number of nitrogens with zero attached hydrogens (tertiary/aromatic N) is 2. The number of aromatic nitrogens is 2. The number of aromatic hydroxyl groups is 1. The fourth-order valence-electron chi connectivity index (χ4n) is 1.84. The maximum Gasteiger partial charge on any atom is 0.160 e. The van der Waals surface area contributed by atoms with Gasteiger partial charge < -0.3 is 15.2 Å². The molecule has 5 heteroatoms. The molecule has 102 valence electrons. The second-order valence-electron chi connectivity index (χ2n) is 4.35. The van der Waals surface area contributed by atoms with E-state index in [1.165, 1.54) is 0 Å². The van der Waals surface area contributed by atoms with Gasteiger partial charge in [-0.15, -0.1) is 0 Å². The standard InChI is InChI=1S/C14H19N3O2/c1-3-6-17-10-12(9-16-17)15-8-11-4-5-13(18)14(7-11)19-2/h4-5,7,9-10,15,18H,3,6,8H2,1-2H3. The predicted molar refractivity (Wildman–Crippen MR) is 74.5 cm³/mol. The summed E-state index contributed by atoms with van der Waals surface area (Å²) in [5.41, 5.74) is 2.03. The van der Waals surface area contributed by atoms with Crippen molar-refractivity contribution in [2.24, 2.45) is 0 Å². The molecule has 0 saturated heterocycles. The van der Waals surface area contributed by atoms with Crippen molar-refractivity contribution in [1.29, 1.82) is 0 Å². The number of rotatable bonds is 6. The Hall–Kier alpha value is -2.17. The molecule has 0 radical (unpaired) electrons. The normalized spacial score (nSPS) is 10.4. The monoisotopic (exact) mass is 261 g/mol. The minimum Gasteiger partial charge on any atom is -0.504 e. The largest absolute Gasteiger partial charge is 0.504 e. The molecule has 0 unspecified atom stereocenters. The molecule has 0 bridgehead atoms. The Balaban J connectivity index is 1.97. The van der Waals surface area contributed by atoms with Crippen LogP contribution in [0, 0.1) is 0 Å². The minimum absolute atomic E-state index is 0.155. The zero-order chi connectivity index (χ0) is 13.7. The van der Waals surface area contributed by atoms with Crippen LogP contribution < -0.4 is 10.1 Å². The number of phenols is 1. The summed E-state index contributed by atoms with van der Waals surface area (Å²) < 4.78 is 7.00. The van der Waals surface area contributed by atoms with Crippen LogP contribution in [0.15, 0.2) is 30.6 Å². The van der Waals surface area contributed by atoms with E-state index in [9.17, 15) is 5.11 Å². The molecule has 2 rings (SSSR count). The van der Waals surface area contributed by atoms with Crippen LogP contribution >= 0.6 is 0 Å². The molecule has 2 N–H and O–H groups in total. The quantitative estimate of drug-likeness (QED) is 0.839. The maximum absolute atomic E-state index is 9.52. The van der Waals surface area contributed by atoms with E-state index in [0.717, 1.165) is 24.2 Å². The number of nitrogens with one attached hydrogen (secondary N) is 1. The van der Waals surface area contributed by atoms with Crippen molar-refractivity contribution >= 4 is 5.69 Å². The summed E-state index contributed by atoms with van der Waals surface area (Å²) >= 11 is 0. The van der Waals surface area contributed by atoms with Crippen LogP contribution in [0.3, 0.4) is 0 Å². The highest BCUT2D eigenvalue weighted by molar-refractivity contribution is 5.44. The molecule has 2 aromatic rings. The highest BCUT2D eigenvalue weighted by atomic mass is 16.5. The van der Waals surface area contributed by atoms with E-state index in [2.05, 4.69) is 17.3 Å². The van der Waals surface area contributed by atoms with Gasteiger partial charge in [-0.3, -0.25) is 4.68 Å². The summed E-state index contributed by atoms with van der Waals surface area (Å²) in [5, 5.41) is 17.1. The van der Waals surface area contributed by atoms with Crippen molar-refractivity contribution in [1.82, 2.24) is 9.78 Å². The molecule has 0 atom stereocenters. The van der Waals surface area contributed by atoms with Crippen molar-refractivity contribution in [2.45, 2.75) is 26.4 Å². The molecule has 1 aromatic carbocycles. The molecular formula is C14H19N3O2. The highest BCUT2D eigenvalue weighted by Crippen LogP contribution is 2.26. The van der Waals surface area contributed by atoms with Crippen molar-refractivity contribution in [3.8, 4) is 11.5 Å². The number of hydrogen-bond donors (Lipinski definition) is 2. The number of aryl methyl sites for hydroxylation is 1. The van der Waals surface area contributed by atoms with Crippen molar-refractivity contribution < 1.29 is 9.84 Å². The molecule has 0 fully saturated rings. The van der Waals surface area contributed by atoms with Gasteiger partial charge in [0, 0.05) is 19.3 Å². The van der Waals surface area contributed by atoms with Gasteiger partial charge >= 0.3 is 0 Å². The van der Waals surface area contributed by atoms with Crippen LogP contribution in [0.1, 0.15) is 18.9 Å². The summed E-state index contributed by atoms with van der Waals surface area (Å²) in [4.78, 5) is 0. The topological polar surface area (TPSA) is 59.3 Å². The predicted octanol–water partition coefficient (Wildman–Crippen LogP) is 2.62. The van der Waals surface area contributed by atoms with Crippen molar-refractivity contribution in [3.05, 3.63) is 36.2 Å². The van der Waals surface area contributed by atoms with Crippen molar-refractivity contribution in [3.63, 3.8) is 0 Å². The number of phenolic OH excluding ortho intramolecular Hbond substituents is 1. The Morgan fingerprint density at radius 2 is 2.26 bits per heavy atom. The highest BCUT2D eigenvalue weighted by Gasteiger charge is 2.03. The van der Waals surface area contributed by atoms with E-state index < -0.39 is 0 Å². The molecule has 0 spiro atoms. The van der Waals surface area contributed by atoms with E-state index in [1.807, 2.05) is 29.2 Å². The van der Waals surface area contributed by atoms with Gasteiger partial charge in [-0.1, -0.05) is 13.0 Å². The molecule has 0 amide bonds. The Kier molecular flexibility index (Phi) is 4.28. The van der Waals surface area contributed by atoms with Crippen LogP contribution in [0.25, 0.3) is 0 Å². The summed E-state index contributed by atoms with van der Waals surface area (Å²) in [6.45, 7) is 3.71. The van der Waals surface area contributed by atoms with Crippen molar-refractivity contribution in [2.75, 3.05) is 12.4 Å². The van der Waals surface area contributed by atoms with Crippen LogP contribution in [0.2, 0.25) is 0 Å². The molecule has 5 nitrogen and oxygen atoms in total. The van der Waals surface area contributed by atoms with E-state index in [-0.39, 0.29) is 5.75 Å². The third kappa shape index (κ3) is 3.40. The fourth-order valence-corrected chi connectivity index (χ4v) is 1.84. The molecule has 0 aliphatic heterocycles. The van der Waals surface area contributed by atoms with Gasteiger partial charge in [-0.25, -0.2) is 0 Å². The van der Waals surface area contributed by atoms with Gasteiger partial charge in [0.15, 0.2) is 11.5 Å². The van der Waals surface area contributed by atoms with E-state index in [4.69, 9.17) is 4.74 Å². The number of methoxy groups -OCH3 is 1. The number of benzene rings is 1. The smallest absolute Gasteiger partial charge is 0.160 e. The molecule has 19 heavy (non-hydrogen) atoms. The van der Waals surface area contributed by atoms with Gasteiger partial charge in [-0.2, -0.15) is 5.10 Å². The Morgan fingerprint density at radius 3 is 3.00 bits per heavy atom. The third-order valence-electron chi connectivity index (χ3n) is 2.83. The van der Waals surface area contributed by atoms with Crippen LogP contribution in [-0.2, 0) is 13.1 Å². The third-order valence-corrected chi connectivity index (χ3v) is 2.83. The van der Waals surface area contributed by atoms with Gasteiger partial charge in [0.05, 0.1) is 19.0 Å². The van der Waals surface area contributed by atoms with Crippen LogP contribution in [0.5, 0.6) is 11.5 Å². The summed E-state index contributed by atoms with van der Waals surface area (Å²) in [6, 6.07) is 5.32. The Bertz CT molecular complexity index is 537. The molecule has 0 aliphatic carbocycles. The Labute approximate surface area is 112 Å². The first-order chi connectivity index (χ1) is 9.22. The molecule has 1 heterocycles. The molecular weight excluding hydrogens is 242 g/mol. The van der Waals surface area contributed by atoms with Crippen LogP contribution in [0.4, 0.5) is 5.69 Å². The zero-order valence-corrected chi connectivity index (χ0v) is 11.3. The first kappa shape index (κ1) is 13.3. The van der Waals surface area contributed by atoms with Gasteiger partial charge in [0.1, 0.15) is 0 Å². The first-order valence-corrected chi connectivity index (χ1v) is 6.35. The molecule has 0 saturated carbocycles. The van der Waals surface area contributed by atoms with Crippen LogP contribution in [-0.4, -0.2) is 22.0 Å². The van der Waals surface area contributed by atoms with Gasteiger partial charge in [-0.05, 0) is 24.1 Å². The average molecular weight is 261 g/mol. The molecule has 0 aliphatic rings. The second kappa shape index (κ2) is 6.13. The van der Waals surface area contributed by atoms with E-state index >= 15 is 0 Å². The summed E-state index contributed by atoms with van der Waals surface area (Å²) in [5.74, 6) is 0.642. The minimum atomic E-state index is 0.155. The van der Waals surface area contributed by atoms with E-state index in [1.54, 1.807) is 13.2 Å². The number of hydrogen-bond acceptors (Lipinski definition) is 4. The maximum atomic E-state index is 9.52. The lowest BCUT2D eigenvalue weighted by Crippen LogP contribution is -1.99. The second-order valence-corrected chi connectivity index (χ2v) is 4.35. The van der Waals surface area contributed by atoms with Gasteiger partial charge in [0.25, 0.3) is 0 Å².